The van der Waals surface area contributed by atoms with Crippen molar-refractivity contribution in [1.82, 2.24) is 10.2 Å². The van der Waals surface area contributed by atoms with E-state index in [1.165, 1.54) is 4.72 Å². The molecule has 0 heterocycles. The summed E-state index contributed by atoms with van der Waals surface area (Å²) in [5.74, 6) is 4.20. The number of nitrogens with two attached hydrogens (primary N) is 1. The Kier molecular flexibility index (Phi) is 3.18. The minimum Gasteiger partial charge on any atom is -0.287 e. The molecule has 10 heavy (non-hydrogen) atoms. The van der Waals surface area contributed by atoms with Crippen LogP contribution in [0.5, 0.6) is 0 Å². The minimum atomic E-state index is -4.28. The SMILES string of the molecule is NO[S+]([O])(=O)NC(=O)NO. The molecule has 1 atom stereocenters. The van der Waals surface area contributed by atoms with Crippen molar-refractivity contribution in [2.45, 2.75) is 0 Å². The van der Waals surface area contributed by atoms with Crippen LogP contribution in [0.15, 0.2) is 0 Å². The average molecular weight is 171 g/mol. The summed E-state index contributed by atoms with van der Waals surface area (Å²) in [6.07, 6.45) is 0. The van der Waals surface area contributed by atoms with Crippen LogP contribution in [0.4, 0.5) is 4.79 Å². The van der Waals surface area contributed by atoms with Gasteiger partial charge in [0.15, 0.2) is 0 Å². The molecule has 0 aliphatic rings. The molecule has 0 fully saturated rings. The third-order valence-electron chi connectivity index (χ3n) is 0.446. The van der Waals surface area contributed by atoms with Gasteiger partial charge in [-0.1, -0.05) is 4.72 Å². The fourth-order valence-electron chi connectivity index (χ4n) is 0.160. The van der Waals surface area contributed by atoms with Crippen LogP contribution < -0.4 is 16.1 Å². The number of nitrogens with one attached hydrogen (secondary N) is 2. The lowest BCUT2D eigenvalue weighted by Gasteiger charge is -1.95. The topological polar surface area (TPSA) is 134 Å². The van der Waals surface area contributed by atoms with E-state index in [1.54, 1.807) is 0 Å². The van der Waals surface area contributed by atoms with Crippen LogP contribution in [0.3, 0.4) is 0 Å². The molecule has 0 saturated carbocycles. The van der Waals surface area contributed by atoms with Gasteiger partial charge in [-0.3, -0.25) is 5.21 Å². The van der Waals surface area contributed by atoms with E-state index in [4.69, 9.17) is 5.21 Å². The van der Waals surface area contributed by atoms with Crippen LogP contribution in [-0.4, -0.2) is 11.2 Å². The van der Waals surface area contributed by atoms with Crippen LogP contribution in [0.2, 0.25) is 0 Å². The van der Waals surface area contributed by atoms with Crippen molar-refractivity contribution < 1.29 is 23.0 Å². The number of carbonyl (C=O) groups excluding carboxylic acids is 1. The second-order valence-corrected chi connectivity index (χ2v) is 2.40. The van der Waals surface area contributed by atoms with Crippen LogP contribution in [-0.2, 0) is 23.7 Å². The van der Waals surface area contributed by atoms with E-state index in [0.717, 1.165) is 5.48 Å². The maximum Gasteiger partial charge on any atom is 0.521 e. The molecule has 1 unspecified atom stereocenters. The largest absolute Gasteiger partial charge is 0.521 e. The second kappa shape index (κ2) is 3.43. The second-order valence-electron chi connectivity index (χ2n) is 1.09. The number of hydrogen-bond acceptors (Lipinski definition) is 5. The fraction of sp³-hybridized carbons (Fsp3) is 0. The molecule has 0 aromatic heterocycles. The van der Waals surface area contributed by atoms with Crippen molar-refractivity contribution in [2.75, 3.05) is 0 Å². The first-order chi connectivity index (χ1) is 4.52. The maximum absolute atomic E-state index is 10.1. The lowest BCUT2D eigenvalue weighted by molar-refractivity contribution is 0.162. The molecule has 0 aliphatic carbocycles. The first-order valence-electron chi connectivity index (χ1n) is 1.87. The van der Waals surface area contributed by atoms with Gasteiger partial charge in [0.2, 0.25) is 0 Å². The molecule has 5 N–H and O–H groups in total. The molecule has 0 aromatic rings. The van der Waals surface area contributed by atoms with E-state index in [1.807, 2.05) is 0 Å². The summed E-state index contributed by atoms with van der Waals surface area (Å²) in [6.45, 7) is 0. The lowest BCUT2D eigenvalue weighted by Crippen LogP contribution is -2.42. The Balaban J connectivity index is 3.89. The van der Waals surface area contributed by atoms with Gasteiger partial charge >= 0.3 is 16.7 Å². The highest BCUT2D eigenvalue weighted by molar-refractivity contribution is 7.91. The standard InChI is InChI=1S/CH5N3O5S/c2-9-10(7,8)4-1(5)3-6/h6H,2H2,(H2,3,4,5,7)/q+1. The number of hydroxylamine groups is 1. The van der Waals surface area contributed by atoms with Crippen molar-refractivity contribution in [3.8, 4) is 0 Å². The van der Waals surface area contributed by atoms with Gasteiger partial charge in [0, 0.05) is 4.21 Å². The zero-order valence-electron chi connectivity index (χ0n) is 4.57. The summed E-state index contributed by atoms with van der Waals surface area (Å²) >= 11 is 0. The average Bonchev–Trinajstić information content (AvgIpc) is 1.87. The Morgan fingerprint density at radius 1 is 1.70 bits per heavy atom. The molecule has 0 aliphatic heterocycles. The molecule has 0 aromatic carbocycles. The molecule has 1 radical (unpaired) electrons. The summed E-state index contributed by atoms with van der Waals surface area (Å²) in [5.41, 5.74) is 0.991. The van der Waals surface area contributed by atoms with Crippen LogP contribution in [0.1, 0.15) is 0 Å². The summed E-state index contributed by atoms with van der Waals surface area (Å²) < 4.78 is 24.8. The molecule has 8 nitrogen and oxygen atoms in total. The Hall–Kier alpha value is -0.740. The highest BCUT2D eigenvalue weighted by atomic mass is 32.3. The zero-order chi connectivity index (χ0) is 8.20. The van der Waals surface area contributed by atoms with Gasteiger partial charge in [-0.2, -0.15) is 5.90 Å². The molecule has 9 heteroatoms. The van der Waals surface area contributed by atoms with Crippen molar-refractivity contribution in [2.24, 2.45) is 5.90 Å². The smallest absolute Gasteiger partial charge is 0.287 e. The molecule has 0 rings (SSSR count). The van der Waals surface area contributed by atoms with Crippen molar-refractivity contribution >= 4 is 16.7 Å². The summed E-state index contributed by atoms with van der Waals surface area (Å²) in [4.78, 5) is 10.00. The van der Waals surface area contributed by atoms with Crippen LogP contribution >= 0.6 is 0 Å². The van der Waals surface area contributed by atoms with E-state index in [9.17, 15) is 13.6 Å². The predicted molar refractivity (Wildman–Crippen MR) is 27.5 cm³/mol. The number of hydrogen-bond donors (Lipinski definition) is 4. The summed E-state index contributed by atoms with van der Waals surface area (Å²) in [5, 5.41) is 7.77. The van der Waals surface area contributed by atoms with Gasteiger partial charge in [0.1, 0.15) is 4.55 Å². The predicted octanol–water partition coefficient (Wildman–Crippen LogP) is -1.76. The van der Waals surface area contributed by atoms with Gasteiger partial charge in [-0.15, -0.1) is 0 Å². The highest BCUT2D eigenvalue weighted by Gasteiger charge is 2.32. The van der Waals surface area contributed by atoms with Gasteiger partial charge in [-0.25, -0.2) is 10.3 Å². The number of urea groups is 1. The maximum atomic E-state index is 10.1. The first kappa shape index (κ1) is 9.26. The van der Waals surface area contributed by atoms with E-state index in [-0.39, 0.29) is 0 Å². The number of rotatable bonds is 2. The molecule has 0 saturated heterocycles. The number of amides is 2. The van der Waals surface area contributed by atoms with Crippen molar-refractivity contribution in [1.29, 1.82) is 0 Å². The zero-order valence-corrected chi connectivity index (χ0v) is 5.38. The van der Waals surface area contributed by atoms with E-state index < -0.39 is 16.7 Å². The molecule has 0 spiro atoms. The third-order valence-corrected chi connectivity index (χ3v) is 1.13. The molecular weight excluding hydrogens is 166 g/mol. The summed E-state index contributed by atoms with van der Waals surface area (Å²) in [6, 6.07) is -1.36. The Bertz CT molecular complexity index is 168. The van der Waals surface area contributed by atoms with E-state index in [2.05, 4.69) is 10.2 Å². The minimum absolute atomic E-state index is 0.991. The van der Waals surface area contributed by atoms with E-state index >= 15 is 0 Å². The van der Waals surface area contributed by atoms with Crippen molar-refractivity contribution in [3.63, 3.8) is 0 Å². The highest BCUT2D eigenvalue weighted by Crippen LogP contribution is 1.90. The quantitative estimate of drug-likeness (QED) is 0.222. The Morgan fingerprint density at radius 3 is 2.50 bits per heavy atom. The first-order valence-corrected chi connectivity index (χ1v) is 3.28. The Morgan fingerprint density at radius 2 is 2.20 bits per heavy atom. The van der Waals surface area contributed by atoms with E-state index in [0.29, 0.717) is 0 Å². The van der Waals surface area contributed by atoms with Crippen LogP contribution in [0.25, 0.3) is 0 Å². The third kappa shape index (κ3) is 3.32. The molecule has 2 amide bonds. The molecular formula is CH5N3O5S+. The summed E-state index contributed by atoms with van der Waals surface area (Å²) in [7, 11) is -4.28. The molecule has 59 valence electrons. The monoisotopic (exact) mass is 171 g/mol. The molecule has 0 bridgehead atoms. The number of carbonyl (C=O) groups is 1. The van der Waals surface area contributed by atoms with Gasteiger partial charge in [-0.05, 0) is 4.28 Å². The Labute approximate surface area is 56.8 Å². The lowest BCUT2D eigenvalue weighted by atomic mass is 11.2. The van der Waals surface area contributed by atoms with Crippen LogP contribution in [0, 0.1) is 0 Å². The van der Waals surface area contributed by atoms with Gasteiger partial charge in [0.25, 0.3) is 0 Å². The van der Waals surface area contributed by atoms with Gasteiger partial charge < -0.3 is 0 Å². The van der Waals surface area contributed by atoms with Crippen molar-refractivity contribution in [3.05, 3.63) is 0 Å². The van der Waals surface area contributed by atoms with Gasteiger partial charge in [0.05, 0.1) is 0 Å². The normalized spacial score (nSPS) is 15.5. The fourth-order valence-corrected chi connectivity index (χ4v) is 0.481.